The molecule has 0 aliphatic heterocycles. The largest absolute Gasteiger partial charge is 0.358 e. The van der Waals surface area contributed by atoms with Gasteiger partial charge < -0.3 is 4.98 Å². The van der Waals surface area contributed by atoms with Crippen LogP contribution in [-0.2, 0) is 10.0 Å². The number of amides is 1. The lowest BCUT2D eigenvalue weighted by Gasteiger charge is -2.09. The van der Waals surface area contributed by atoms with Crippen LogP contribution in [0.3, 0.4) is 0 Å². The van der Waals surface area contributed by atoms with Crippen molar-refractivity contribution in [2.75, 3.05) is 0 Å². The predicted octanol–water partition coefficient (Wildman–Crippen LogP) is 4.48. The van der Waals surface area contributed by atoms with Crippen molar-refractivity contribution in [1.82, 2.24) is 9.71 Å². The summed E-state index contributed by atoms with van der Waals surface area (Å²) < 4.78 is 27.6. The van der Waals surface area contributed by atoms with Crippen LogP contribution in [-0.4, -0.2) is 19.3 Å². The number of sulfonamides is 1. The van der Waals surface area contributed by atoms with Crippen molar-refractivity contribution in [1.29, 1.82) is 0 Å². The van der Waals surface area contributed by atoms with Gasteiger partial charge in [0.15, 0.2) is 0 Å². The zero-order valence-electron chi connectivity index (χ0n) is 14.6. The number of fused-ring (bicyclic) bond motifs is 1. The summed E-state index contributed by atoms with van der Waals surface area (Å²) >= 11 is 3.20. The highest BCUT2D eigenvalue weighted by Gasteiger charge is 2.22. The van der Waals surface area contributed by atoms with E-state index < -0.39 is 15.9 Å². The van der Waals surface area contributed by atoms with E-state index in [0.29, 0.717) is 10.0 Å². The first kappa shape index (κ1) is 18.7. The number of aromatic nitrogens is 1. The molecule has 0 fully saturated rings. The van der Waals surface area contributed by atoms with E-state index in [4.69, 9.17) is 0 Å². The summed E-state index contributed by atoms with van der Waals surface area (Å²) in [7, 11) is -3.97. The van der Waals surface area contributed by atoms with Gasteiger partial charge in [0.25, 0.3) is 15.9 Å². The fourth-order valence-corrected chi connectivity index (χ4v) is 5.11. The summed E-state index contributed by atoms with van der Waals surface area (Å²) in [6.07, 6.45) is 0. The van der Waals surface area contributed by atoms with Crippen LogP contribution in [0.25, 0.3) is 10.9 Å². The van der Waals surface area contributed by atoms with Crippen LogP contribution in [0.2, 0.25) is 0 Å². The van der Waals surface area contributed by atoms with E-state index in [0.717, 1.165) is 22.2 Å². The molecule has 136 valence electrons. The maximum atomic E-state index is 12.6. The van der Waals surface area contributed by atoms with Gasteiger partial charge in [-0.25, -0.2) is 13.1 Å². The van der Waals surface area contributed by atoms with E-state index in [1.54, 1.807) is 36.4 Å². The van der Waals surface area contributed by atoms with Gasteiger partial charge in [-0.05, 0) is 64.7 Å². The lowest BCUT2D eigenvalue weighted by molar-refractivity contribution is 0.0981. The summed E-state index contributed by atoms with van der Waals surface area (Å²) in [5.74, 6) is -0.373. The van der Waals surface area contributed by atoms with Crippen LogP contribution in [0.4, 0.5) is 0 Å². The Balaban J connectivity index is 1.98. The van der Waals surface area contributed by atoms with Gasteiger partial charge in [-0.3, -0.25) is 4.79 Å². The van der Waals surface area contributed by atoms with Crippen molar-refractivity contribution in [2.45, 2.75) is 31.6 Å². The number of hydrogen-bond donors (Lipinski definition) is 2. The Kier molecular flexibility index (Phi) is 4.94. The molecule has 3 rings (SSSR count). The lowest BCUT2D eigenvalue weighted by atomic mass is 9.98. The fraction of sp³-hybridized carbons (Fsp3) is 0.211. The van der Waals surface area contributed by atoms with Gasteiger partial charge in [-0.15, -0.1) is 0 Å². The maximum Gasteiger partial charge on any atom is 0.265 e. The Morgan fingerprint density at radius 3 is 2.50 bits per heavy atom. The molecule has 0 atom stereocenters. The number of aryl methyl sites for hydroxylation is 1. The predicted molar refractivity (Wildman–Crippen MR) is 106 cm³/mol. The van der Waals surface area contributed by atoms with E-state index >= 15 is 0 Å². The summed E-state index contributed by atoms with van der Waals surface area (Å²) in [6, 6.07) is 11.5. The second kappa shape index (κ2) is 6.89. The Hall–Kier alpha value is -2.12. The van der Waals surface area contributed by atoms with Gasteiger partial charge in [0.2, 0.25) is 0 Å². The topological polar surface area (TPSA) is 79.0 Å². The SMILES string of the molecule is Cc1[nH]c2ccc(C(=O)NS(=O)(=O)c3ccccc3Br)cc2c1C(C)C. The van der Waals surface area contributed by atoms with Gasteiger partial charge in [0.1, 0.15) is 4.90 Å². The van der Waals surface area contributed by atoms with Gasteiger partial charge >= 0.3 is 0 Å². The number of benzene rings is 2. The first-order chi connectivity index (χ1) is 12.2. The summed E-state index contributed by atoms with van der Waals surface area (Å²) in [6.45, 7) is 6.16. The number of halogens is 1. The summed E-state index contributed by atoms with van der Waals surface area (Å²) in [5.41, 5.74) is 3.40. The molecule has 1 aromatic heterocycles. The van der Waals surface area contributed by atoms with E-state index in [-0.39, 0.29) is 10.8 Å². The molecular formula is C19H19BrN2O3S. The third-order valence-corrected chi connectivity index (χ3v) is 6.57. The summed E-state index contributed by atoms with van der Waals surface area (Å²) in [5, 5.41) is 0.934. The first-order valence-electron chi connectivity index (χ1n) is 8.14. The Labute approximate surface area is 161 Å². The molecule has 0 unspecified atom stereocenters. The third-order valence-electron chi connectivity index (χ3n) is 4.23. The molecule has 7 heteroatoms. The van der Waals surface area contributed by atoms with Gasteiger partial charge in [-0.1, -0.05) is 26.0 Å². The minimum atomic E-state index is -3.97. The molecule has 1 amide bonds. The van der Waals surface area contributed by atoms with E-state index in [1.165, 1.54) is 6.07 Å². The molecule has 0 spiro atoms. The van der Waals surface area contributed by atoms with Gasteiger partial charge in [-0.2, -0.15) is 0 Å². The van der Waals surface area contributed by atoms with E-state index in [1.807, 2.05) is 6.92 Å². The van der Waals surface area contributed by atoms with Crippen LogP contribution in [0.15, 0.2) is 51.8 Å². The van der Waals surface area contributed by atoms with E-state index in [2.05, 4.69) is 39.5 Å². The second-order valence-corrected chi connectivity index (χ2v) is 8.95. The van der Waals surface area contributed by atoms with Crippen molar-refractivity contribution in [2.24, 2.45) is 0 Å². The minimum Gasteiger partial charge on any atom is -0.358 e. The minimum absolute atomic E-state index is 0.0230. The maximum absolute atomic E-state index is 12.6. The molecule has 2 aromatic carbocycles. The first-order valence-corrected chi connectivity index (χ1v) is 10.4. The zero-order chi connectivity index (χ0) is 19.1. The second-order valence-electron chi connectivity index (χ2n) is 6.44. The van der Waals surface area contributed by atoms with Crippen molar-refractivity contribution in [3.8, 4) is 0 Å². The normalized spacial score (nSPS) is 11.9. The van der Waals surface area contributed by atoms with Gasteiger partial charge in [0.05, 0.1) is 0 Å². The number of rotatable bonds is 4. The average Bonchev–Trinajstić information content (AvgIpc) is 2.89. The molecule has 0 saturated carbocycles. The van der Waals surface area contributed by atoms with Crippen molar-refractivity contribution in [3.05, 3.63) is 63.8 Å². The number of hydrogen-bond acceptors (Lipinski definition) is 3. The highest BCUT2D eigenvalue weighted by Crippen LogP contribution is 2.29. The van der Waals surface area contributed by atoms with Crippen LogP contribution in [0.1, 0.15) is 41.4 Å². The van der Waals surface area contributed by atoms with Crippen LogP contribution in [0.5, 0.6) is 0 Å². The summed E-state index contributed by atoms with van der Waals surface area (Å²) in [4.78, 5) is 15.9. The molecule has 0 bridgehead atoms. The number of carbonyl (C=O) groups is 1. The van der Waals surface area contributed by atoms with Crippen molar-refractivity contribution >= 4 is 42.8 Å². The molecule has 5 nitrogen and oxygen atoms in total. The molecule has 0 aliphatic rings. The average molecular weight is 435 g/mol. The molecule has 0 saturated heterocycles. The highest BCUT2D eigenvalue weighted by atomic mass is 79.9. The quantitative estimate of drug-likeness (QED) is 0.634. The van der Waals surface area contributed by atoms with Crippen molar-refractivity contribution < 1.29 is 13.2 Å². The third kappa shape index (κ3) is 3.41. The standard InChI is InChI=1S/C19H19BrN2O3S/c1-11(2)18-12(3)21-16-9-8-13(10-14(16)18)19(23)22-26(24,25)17-7-5-4-6-15(17)20/h4-11,21H,1-3H3,(H,22,23). The van der Waals surface area contributed by atoms with Crippen LogP contribution < -0.4 is 4.72 Å². The number of aromatic amines is 1. The lowest BCUT2D eigenvalue weighted by Crippen LogP contribution is -2.30. The molecule has 2 N–H and O–H groups in total. The molecule has 1 heterocycles. The van der Waals surface area contributed by atoms with Crippen LogP contribution >= 0.6 is 15.9 Å². The monoisotopic (exact) mass is 434 g/mol. The fourth-order valence-electron chi connectivity index (χ4n) is 3.13. The van der Waals surface area contributed by atoms with Crippen LogP contribution in [0, 0.1) is 6.92 Å². The molecule has 26 heavy (non-hydrogen) atoms. The Morgan fingerprint density at radius 1 is 1.15 bits per heavy atom. The van der Waals surface area contributed by atoms with E-state index in [9.17, 15) is 13.2 Å². The molecule has 0 aliphatic carbocycles. The molecule has 0 radical (unpaired) electrons. The molecule has 3 aromatic rings. The highest BCUT2D eigenvalue weighted by molar-refractivity contribution is 9.10. The number of nitrogens with one attached hydrogen (secondary N) is 2. The molecular weight excluding hydrogens is 416 g/mol. The van der Waals surface area contributed by atoms with Crippen molar-refractivity contribution in [3.63, 3.8) is 0 Å². The smallest absolute Gasteiger partial charge is 0.265 e. The Morgan fingerprint density at radius 2 is 1.85 bits per heavy atom. The zero-order valence-corrected chi connectivity index (χ0v) is 17.0. The number of H-pyrrole nitrogens is 1. The Bertz CT molecular complexity index is 1100. The van der Waals surface area contributed by atoms with Gasteiger partial charge in [0, 0.05) is 26.6 Å². The number of carbonyl (C=O) groups excluding carboxylic acids is 1.